The number of amides is 1. The molecule has 8 heteroatoms. The van der Waals surface area contributed by atoms with E-state index in [0.717, 1.165) is 35.6 Å². The second-order valence-corrected chi connectivity index (χ2v) is 11.8. The van der Waals surface area contributed by atoms with E-state index >= 15 is 0 Å². The molecule has 0 unspecified atom stereocenters. The third-order valence-electron chi connectivity index (χ3n) is 4.91. The molecule has 5 nitrogen and oxygen atoms in total. The molecular formula is C21H24N2O3S3. The van der Waals surface area contributed by atoms with Crippen LogP contribution in [0.25, 0.3) is 0 Å². The van der Waals surface area contributed by atoms with E-state index in [2.05, 4.69) is 16.1 Å². The van der Waals surface area contributed by atoms with Gasteiger partial charge in [-0.15, -0.1) is 23.5 Å². The summed E-state index contributed by atoms with van der Waals surface area (Å²) in [6.45, 7) is 1.81. The predicted molar refractivity (Wildman–Crippen MR) is 121 cm³/mol. The van der Waals surface area contributed by atoms with Crippen molar-refractivity contribution in [3.05, 3.63) is 59.2 Å². The van der Waals surface area contributed by atoms with Crippen LogP contribution in [0.1, 0.15) is 45.3 Å². The van der Waals surface area contributed by atoms with Crippen LogP contribution in [0.2, 0.25) is 0 Å². The Hall–Kier alpha value is -1.48. The van der Waals surface area contributed by atoms with Crippen LogP contribution >= 0.6 is 23.5 Å². The minimum Gasteiger partial charge on any atom is -0.322 e. The first-order chi connectivity index (χ1) is 13.9. The van der Waals surface area contributed by atoms with Gasteiger partial charge in [0.05, 0.1) is 9.48 Å². The first-order valence-electron chi connectivity index (χ1n) is 9.70. The van der Waals surface area contributed by atoms with Crippen LogP contribution in [0.4, 0.5) is 5.69 Å². The first kappa shape index (κ1) is 20.8. The molecule has 2 fully saturated rings. The summed E-state index contributed by atoms with van der Waals surface area (Å²) in [6.07, 6.45) is 2.97. The number of nitrogens with one attached hydrogen (secondary N) is 2. The van der Waals surface area contributed by atoms with Crippen molar-refractivity contribution in [3.8, 4) is 0 Å². The van der Waals surface area contributed by atoms with Crippen LogP contribution in [0.3, 0.4) is 0 Å². The molecule has 0 spiro atoms. The molecule has 2 aliphatic rings. The Morgan fingerprint density at radius 2 is 1.83 bits per heavy atom. The van der Waals surface area contributed by atoms with E-state index in [0.29, 0.717) is 10.1 Å². The van der Waals surface area contributed by atoms with E-state index in [4.69, 9.17) is 0 Å². The molecule has 29 heavy (non-hydrogen) atoms. The van der Waals surface area contributed by atoms with E-state index in [1.807, 2.05) is 48.6 Å². The zero-order valence-corrected chi connectivity index (χ0v) is 18.6. The third-order valence-corrected chi connectivity index (χ3v) is 9.44. The predicted octanol–water partition coefficient (Wildman–Crippen LogP) is 4.56. The van der Waals surface area contributed by atoms with Crippen molar-refractivity contribution < 1.29 is 13.2 Å². The van der Waals surface area contributed by atoms with Crippen molar-refractivity contribution in [2.75, 3.05) is 16.8 Å². The number of hydrogen-bond acceptors (Lipinski definition) is 5. The van der Waals surface area contributed by atoms with E-state index in [1.54, 1.807) is 12.1 Å². The van der Waals surface area contributed by atoms with Gasteiger partial charge in [0.1, 0.15) is 0 Å². The third kappa shape index (κ3) is 5.17. The maximum Gasteiger partial charge on any atom is 0.255 e. The highest BCUT2D eigenvalue weighted by molar-refractivity contribution is 8.16. The van der Waals surface area contributed by atoms with Gasteiger partial charge in [-0.05, 0) is 73.1 Å². The van der Waals surface area contributed by atoms with Crippen molar-refractivity contribution in [3.63, 3.8) is 0 Å². The number of thioether (sulfide) groups is 2. The van der Waals surface area contributed by atoms with E-state index in [-0.39, 0.29) is 16.8 Å². The molecule has 2 N–H and O–H groups in total. The molecule has 154 valence electrons. The van der Waals surface area contributed by atoms with Crippen LogP contribution in [0.15, 0.2) is 47.4 Å². The molecule has 0 atom stereocenters. The number of anilines is 1. The van der Waals surface area contributed by atoms with E-state index in [1.165, 1.54) is 18.1 Å². The average Bonchev–Trinajstić information content (AvgIpc) is 3.52. The molecule has 1 amide bonds. The summed E-state index contributed by atoms with van der Waals surface area (Å²) in [4.78, 5) is 13.0. The Bertz CT molecular complexity index is 1010. The summed E-state index contributed by atoms with van der Waals surface area (Å²) in [5.74, 6) is 2.01. The zero-order valence-electron chi connectivity index (χ0n) is 16.2. The van der Waals surface area contributed by atoms with Gasteiger partial charge in [-0.25, -0.2) is 13.1 Å². The Morgan fingerprint density at radius 1 is 1.07 bits per heavy atom. The van der Waals surface area contributed by atoms with E-state index in [9.17, 15) is 13.2 Å². The lowest BCUT2D eigenvalue weighted by Gasteiger charge is -2.21. The molecule has 0 aromatic heterocycles. The molecule has 2 aromatic rings. The van der Waals surface area contributed by atoms with Crippen molar-refractivity contribution in [1.82, 2.24) is 4.72 Å². The van der Waals surface area contributed by atoms with Gasteiger partial charge in [-0.3, -0.25) is 4.79 Å². The summed E-state index contributed by atoms with van der Waals surface area (Å²) >= 11 is 3.87. The zero-order chi connectivity index (χ0) is 20.4. The van der Waals surface area contributed by atoms with Crippen molar-refractivity contribution in [1.29, 1.82) is 0 Å². The average molecular weight is 449 g/mol. The maximum atomic E-state index is 12.9. The topological polar surface area (TPSA) is 75.3 Å². The van der Waals surface area contributed by atoms with Gasteiger partial charge in [-0.1, -0.05) is 18.2 Å². The number of carbonyl (C=O) groups is 1. The molecule has 1 aliphatic carbocycles. The number of sulfonamides is 1. The Morgan fingerprint density at radius 3 is 2.55 bits per heavy atom. The molecule has 1 saturated heterocycles. The van der Waals surface area contributed by atoms with Gasteiger partial charge < -0.3 is 5.32 Å². The maximum absolute atomic E-state index is 12.9. The highest BCUT2D eigenvalue weighted by atomic mass is 32.2. The van der Waals surface area contributed by atoms with E-state index < -0.39 is 10.0 Å². The number of carbonyl (C=O) groups excluding carboxylic acids is 1. The smallest absolute Gasteiger partial charge is 0.255 e. The summed E-state index contributed by atoms with van der Waals surface area (Å²) in [5, 5.41) is 2.94. The standard InChI is InChI=1S/C21H24N2O3S3/c1-14-6-9-18(29(25,26)23-16-7-8-16)13-19(14)20(24)22-17-5-2-4-15(12-17)21-27-10-3-11-28-21/h2,4-6,9,12-13,16,21,23H,3,7-8,10-11H2,1H3,(H,22,24). The molecule has 2 aromatic carbocycles. The highest BCUT2D eigenvalue weighted by Crippen LogP contribution is 2.44. The van der Waals surface area contributed by atoms with Gasteiger partial charge in [-0.2, -0.15) is 0 Å². The van der Waals surface area contributed by atoms with Crippen molar-refractivity contribution in [2.45, 2.75) is 41.7 Å². The monoisotopic (exact) mass is 448 g/mol. The minimum atomic E-state index is -3.60. The van der Waals surface area contributed by atoms with Crippen molar-refractivity contribution in [2.24, 2.45) is 0 Å². The van der Waals surface area contributed by atoms with Crippen molar-refractivity contribution >= 4 is 45.1 Å². The number of aryl methyl sites for hydroxylation is 1. The minimum absolute atomic E-state index is 0.0249. The fourth-order valence-corrected chi connectivity index (χ4v) is 7.35. The van der Waals surface area contributed by atoms with Gasteiger partial charge in [0, 0.05) is 17.3 Å². The van der Waals surface area contributed by atoms with Gasteiger partial charge in [0.15, 0.2) is 0 Å². The molecule has 4 rings (SSSR count). The SMILES string of the molecule is Cc1ccc(S(=O)(=O)NC2CC2)cc1C(=O)Nc1cccc(C2SCCCS2)c1. The largest absolute Gasteiger partial charge is 0.322 e. The highest BCUT2D eigenvalue weighted by Gasteiger charge is 2.28. The number of hydrogen-bond donors (Lipinski definition) is 2. The Kier molecular flexibility index (Phi) is 6.24. The number of benzene rings is 2. The van der Waals surface area contributed by atoms with Crippen LogP contribution in [0, 0.1) is 6.92 Å². The molecule has 0 bridgehead atoms. The lowest BCUT2D eigenvalue weighted by molar-refractivity contribution is 0.102. The molecule has 1 heterocycles. The van der Waals surface area contributed by atoms with Crippen LogP contribution < -0.4 is 10.0 Å². The molecule has 1 aliphatic heterocycles. The molecule has 0 radical (unpaired) electrons. The van der Waals surface area contributed by atoms with Gasteiger partial charge >= 0.3 is 0 Å². The fraction of sp³-hybridized carbons (Fsp3) is 0.381. The van der Waals surface area contributed by atoms with Crippen LogP contribution in [0.5, 0.6) is 0 Å². The van der Waals surface area contributed by atoms with Gasteiger partial charge in [0.25, 0.3) is 5.91 Å². The summed E-state index contributed by atoms with van der Waals surface area (Å²) in [7, 11) is -3.60. The quantitative estimate of drug-likeness (QED) is 0.678. The van der Waals surface area contributed by atoms with Crippen LogP contribution in [-0.4, -0.2) is 31.9 Å². The van der Waals surface area contributed by atoms with Gasteiger partial charge in [0.2, 0.25) is 10.0 Å². The summed E-state index contributed by atoms with van der Waals surface area (Å²) in [6, 6.07) is 12.6. The first-order valence-corrected chi connectivity index (χ1v) is 13.3. The fourth-order valence-electron chi connectivity index (χ4n) is 3.14. The second kappa shape index (κ2) is 8.71. The Labute approximate surface area is 180 Å². The number of rotatable bonds is 6. The lowest BCUT2D eigenvalue weighted by Crippen LogP contribution is -2.26. The summed E-state index contributed by atoms with van der Waals surface area (Å²) in [5.41, 5.74) is 3.03. The second-order valence-electron chi connectivity index (χ2n) is 7.38. The normalized spacial score (nSPS) is 17.8. The summed E-state index contributed by atoms with van der Waals surface area (Å²) < 4.78 is 28.1. The molecule has 1 saturated carbocycles. The lowest BCUT2D eigenvalue weighted by atomic mass is 10.1. The Balaban J connectivity index is 1.53. The van der Waals surface area contributed by atoms with Crippen LogP contribution in [-0.2, 0) is 10.0 Å². The molecular weight excluding hydrogens is 424 g/mol.